The highest BCUT2D eigenvalue weighted by atomic mass is 16.5. The van der Waals surface area contributed by atoms with Gasteiger partial charge in [-0.25, -0.2) is 0 Å². The zero-order valence-corrected chi connectivity index (χ0v) is 18.2. The molecular weight excluding hydrogens is 436 g/mol. The Labute approximate surface area is 188 Å². The van der Waals surface area contributed by atoms with Crippen molar-refractivity contribution in [2.24, 2.45) is 0 Å². The number of fused-ring (bicyclic) bond motifs is 4. The molecule has 1 aromatic rings. The first kappa shape index (κ1) is 22.0. The highest BCUT2D eigenvalue weighted by molar-refractivity contribution is 6.30. The van der Waals surface area contributed by atoms with Gasteiger partial charge in [0.2, 0.25) is 0 Å². The van der Waals surface area contributed by atoms with Gasteiger partial charge in [-0.05, 0) is 13.8 Å². The molecule has 33 heavy (non-hydrogen) atoms. The number of ketones is 2. The van der Waals surface area contributed by atoms with Crippen LogP contribution in [0.1, 0.15) is 64.6 Å². The molecule has 0 saturated carbocycles. The maximum Gasteiger partial charge on any atom is 0.308 e. The molecule has 1 fully saturated rings. The fourth-order valence-corrected chi connectivity index (χ4v) is 5.72. The number of esters is 1. The normalized spacial score (nSPS) is 34.6. The molecule has 0 spiro atoms. The average Bonchev–Trinajstić information content (AvgIpc) is 2.75. The van der Waals surface area contributed by atoms with Crippen LogP contribution in [0.4, 0.5) is 0 Å². The van der Waals surface area contributed by atoms with E-state index in [9.17, 15) is 34.8 Å². The van der Waals surface area contributed by atoms with Crippen molar-refractivity contribution in [2.45, 2.75) is 69.2 Å². The molecule has 0 radical (unpaired) electrons. The van der Waals surface area contributed by atoms with E-state index in [0.717, 1.165) is 0 Å². The van der Waals surface area contributed by atoms with Crippen molar-refractivity contribution >= 4 is 17.5 Å². The molecule has 10 heteroatoms. The molecule has 176 valence electrons. The summed E-state index contributed by atoms with van der Waals surface area (Å²) in [4.78, 5) is 38.8. The number of phenolic OH excluding ortho intramolecular Hbond substituents is 2. The van der Waals surface area contributed by atoms with Crippen molar-refractivity contribution in [1.82, 2.24) is 0 Å². The summed E-state index contributed by atoms with van der Waals surface area (Å²) < 4.78 is 16.1. The highest BCUT2D eigenvalue weighted by Crippen LogP contribution is 2.54. The second-order valence-electron chi connectivity index (χ2n) is 9.01. The summed E-state index contributed by atoms with van der Waals surface area (Å²) in [6, 6.07) is 0. The molecule has 2 unspecified atom stereocenters. The molecule has 5 aliphatic rings. The van der Waals surface area contributed by atoms with E-state index in [-0.39, 0.29) is 47.1 Å². The van der Waals surface area contributed by atoms with Crippen LogP contribution < -0.4 is 0 Å². The van der Waals surface area contributed by atoms with Gasteiger partial charge in [-0.3, -0.25) is 14.4 Å². The van der Waals surface area contributed by atoms with Crippen LogP contribution in [0, 0.1) is 0 Å². The van der Waals surface area contributed by atoms with Crippen LogP contribution in [0.25, 0.3) is 0 Å². The summed E-state index contributed by atoms with van der Waals surface area (Å²) in [6.07, 6.45) is -4.88. The Morgan fingerprint density at radius 1 is 1.12 bits per heavy atom. The summed E-state index contributed by atoms with van der Waals surface area (Å²) in [5.74, 6) is -3.12. The average molecular weight is 460 g/mol. The Balaban J connectivity index is 1.69. The van der Waals surface area contributed by atoms with Gasteiger partial charge in [0.05, 0.1) is 55.2 Å². The lowest BCUT2D eigenvalue weighted by molar-refractivity contribution is -0.207. The molecule has 6 atom stereocenters. The maximum atomic E-state index is 13.6. The van der Waals surface area contributed by atoms with Gasteiger partial charge in [0.1, 0.15) is 17.1 Å². The lowest BCUT2D eigenvalue weighted by Gasteiger charge is -2.52. The van der Waals surface area contributed by atoms with Crippen molar-refractivity contribution < 1.29 is 49.0 Å². The first-order valence-corrected chi connectivity index (χ1v) is 10.7. The van der Waals surface area contributed by atoms with E-state index >= 15 is 0 Å². The van der Waals surface area contributed by atoms with Crippen LogP contribution in [-0.2, 0) is 25.4 Å². The summed E-state index contributed by atoms with van der Waals surface area (Å²) in [5.41, 5.74) is -3.00. The number of aliphatic hydroxyl groups excluding tert-OH is 1. The van der Waals surface area contributed by atoms with Gasteiger partial charge in [0, 0.05) is 35.1 Å². The van der Waals surface area contributed by atoms with Gasteiger partial charge < -0.3 is 34.6 Å². The Kier molecular flexibility index (Phi) is 4.74. The summed E-state index contributed by atoms with van der Waals surface area (Å²) in [7, 11) is 1.24. The molecule has 1 saturated heterocycles. The Bertz CT molecular complexity index is 1140. The third-order valence-corrected chi connectivity index (χ3v) is 7.30. The van der Waals surface area contributed by atoms with Gasteiger partial charge in [0.15, 0.2) is 11.6 Å². The number of aromatic hydroxyl groups is 2. The zero-order chi connectivity index (χ0) is 24.0. The topological polar surface area (TPSA) is 160 Å². The second kappa shape index (κ2) is 7.10. The Morgan fingerprint density at radius 2 is 1.79 bits per heavy atom. The van der Waals surface area contributed by atoms with Crippen molar-refractivity contribution in [2.75, 3.05) is 7.11 Å². The van der Waals surface area contributed by atoms with E-state index in [1.807, 2.05) is 0 Å². The number of benzene rings is 1. The Morgan fingerprint density at radius 3 is 2.42 bits per heavy atom. The van der Waals surface area contributed by atoms with Crippen LogP contribution >= 0.6 is 0 Å². The van der Waals surface area contributed by atoms with Gasteiger partial charge >= 0.3 is 5.97 Å². The van der Waals surface area contributed by atoms with Crippen molar-refractivity contribution in [1.29, 1.82) is 0 Å². The number of carbonyl (C=O) groups excluding carboxylic acids is 3. The molecular formula is C23H24O10. The molecule has 1 aromatic carbocycles. The maximum absolute atomic E-state index is 13.6. The summed E-state index contributed by atoms with van der Waals surface area (Å²) >= 11 is 0. The van der Waals surface area contributed by atoms with Crippen molar-refractivity contribution in [3.63, 3.8) is 0 Å². The monoisotopic (exact) mass is 460 g/mol. The van der Waals surface area contributed by atoms with Crippen LogP contribution in [-0.4, -0.2) is 75.1 Å². The predicted molar refractivity (Wildman–Crippen MR) is 109 cm³/mol. The lowest BCUT2D eigenvalue weighted by atomic mass is 9.63. The quantitative estimate of drug-likeness (QED) is 0.364. The molecule has 0 amide bonds. The van der Waals surface area contributed by atoms with Crippen molar-refractivity contribution in [3.8, 4) is 11.5 Å². The lowest BCUT2D eigenvalue weighted by Crippen LogP contribution is -2.66. The molecule has 6 rings (SSSR count). The molecule has 2 aliphatic carbocycles. The van der Waals surface area contributed by atoms with Gasteiger partial charge in [-0.2, -0.15) is 0 Å². The molecule has 4 N–H and O–H groups in total. The van der Waals surface area contributed by atoms with E-state index in [1.165, 1.54) is 14.0 Å². The predicted octanol–water partition coefficient (Wildman–Crippen LogP) is 0.622. The number of carbonyl (C=O) groups is 3. The fraction of sp³-hybridized carbons (Fsp3) is 0.522. The number of phenols is 2. The van der Waals surface area contributed by atoms with E-state index in [0.29, 0.717) is 0 Å². The number of aliphatic hydroxyl groups is 2. The smallest absolute Gasteiger partial charge is 0.308 e. The Hall–Kier alpha value is -2.79. The number of methoxy groups -OCH3 is 1. The molecule has 3 heterocycles. The van der Waals surface area contributed by atoms with E-state index in [1.54, 1.807) is 6.92 Å². The second-order valence-corrected chi connectivity index (χ2v) is 9.01. The van der Waals surface area contributed by atoms with E-state index in [4.69, 9.17) is 9.47 Å². The number of ether oxygens (including phenoxy) is 3. The van der Waals surface area contributed by atoms with Crippen molar-refractivity contribution in [3.05, 3.63) is 33.4 Å². The van der Waals surface area contributed by atoms with E-state index < -0.39 is 70.7 Å². The number of rotatable bonds is 2. The van der Waals surface area contributed by atoms with Gasteiger partial charge in [0.25, 0.3) is 0 Å². The highest BCUT2D eigenvalue weighted by Gasteiger charge is 2.62. The number of hydrogen-bond acceptors (Lipinski definition) is 10. The summed E-state index contributed by atoms with van der Waals surface area (Å²) in [6.45, 7) is 3.08. The first-order chi connectivity index (χ1) is 15.5. The third kappa shape index (κ3) is 2.72. The zero-order valence-electron chi connectivity index (χ0n) is 18.2. The molecule has 2 bridgehead atoms. The molecule has 10 nitrogen and oxygen atoms in total. The summed E-state index contributed by atoms with van der Waals surface area (Å²) in [5, 5.41) is 44.0. The largest absolute Gasteiger partial charge is 0.507 e. The van der Waals surface area contributed by atoms with Crippen LogP contribution in [0.2, 0.25) is 0 Å². The minimum atomic E-state index is -2.12. The van der Waals surface area contributed by atoms with Gasteiger partial charge in [-0.15, -0.1) is 0 Å². The minimum Gasteiger partial charge on any atom is -0.507 e. The molecule has 3 aliphatic heterocycles. The molecule has 0 aromatic heterocycles. The number of Topliss-reactive ketones (excluding diaryl/α,β-unsaturated/α-hetero) is 2. The van der Waals surface area contributed by atoms with Crippen LogP contribution in [0.15, 0.2) is 11.1 Å². The first-order valence-electron chi connectivity index (χ1n) is 10.7. The standard InChI is InChI=1S/C23H24O10/c1-7-14-10(4-9(32-7)5-13(25)31-3)19(26)16-17(20(14)27)22(29)18-15(21(16)28)11-6-12(24)23(18,30)8(2)33-11/h7-9,11-12,24,26-27,30H,4-6H2,1-3H3/t7-,8+,9+,11?,12+,23?/m0/s1. The number of hydrogen-bond donors (Lipinski definition) is 4. The van der Waals surface area contributed by atoms with Crippen LogP contribution in [0.3, 0.4) is 0 Å². The SMILES string of the molecule is COC(=O)C[C@H]1Cc2c(O)c3c(c(O)c2[C@H](C)O1)C(=O)C1=C(C3=O)C2C[C@@H](O)C1(O)[C@@H](C)O2. The van der Waals surface area contributed by atoms with Crippen LogP contribution in [0.5, 0.6) is 11.5 Å². The van der Waals surface area contributed by atoms with Gasteiger partial charge in [-0.1, -0.05) is 0 Å². The van der Waals surface area contributed by atoms with E-state index in [2.05, 4.69) is 4.74 Å². The minimum absolute atomic E-state index is 0.00837. The third-order valence-electron chi connectivity index (χ3n) is 7.30. The fourth-order valence-electron chi connectivity index (χ4n) is 5.72.